The summed E-state index contributed by atoms with van der Waals surface area (Å²) in [6.07, 6.45) is 1.38. The van der Waals surface area contributed by atoms with Crippen LogP contribution in [0.4, 0.5) is 0 Å². The van der Waals surface area contributed by atoms with Gasteiger partial charge in [-0.05, 0) is 25.1 Å². The predicted octanol–water partition coefficient (Wildman–Crippen LogP) is 3.26. The van der Waals surface area contributed by atoms with E-state index < -0.39 is 0 Å². The average Bonchev–Trinajstić information content (AvgIpc) is 2.33. The van der Waals surface area contributed by atoms with Crippen LogP contribution in [-0.4, -0.2) is 4.98 Å². The third-order valence-electron chi connectivity index (χ3n) is 2.20. The van der Waals surface area contributed by atoms with Gasteiger partial charge in [0, 0.05) is 6.07 Å². The number of nitriles is 1. The van der Waals surface area contributed by atoms with Crippen LogP contribution in [0, 0.1) is 24.7 Å². The highest BCUT2D eigenvalue weighted by Gasteiger charge is 2.00. The van der Waals surface area contributed by atoms with Gasteiger partial charge in [0.2, 0.25) is 5.88 Å². The van der Waals surface area contributed by atoms with Crippen molar-refractivity contribution in [3.63, 3.8) is 0 Å². The van der Waals surface area contributed by atoms with E-state index in [-0.39, 0.29) is 0 Å². The Morgan fingerprint density at radius 2 is 1.94 bits per heavy atom. The number of rotatable bonds is 3. The van der Waals surface area contributed by atoms with Gasteiger partial charge in [-0.15, -0.1) is 0 Å². The van der Waals surface area contributed by atoms with Gasteiger partial charge in [0.05, 0.1) is 11.8 Å². The summed E-state index contributed by atoms with van der Waals surface area (Å²) in [6.45, 7) is 2.02. The highest BCUT2D eigenvalue weighted by molar-refractivity contribution is 5.32. The largest absolute Gasteiger partial charge is 0.439 e. The van der Waals surface area contributed by atoms with Crippen molar-refractivity contribution < 1.29 is 4.74 Å². The summed E-state index contributed by atoms with van der Waals surface area (Å²) in [5, 5.41) is 8.54. The highest BCUT2D eigenvalue weighted by atomic mass is 16.5. The van der Waals surface area contributed by atoms with E-state index in [4.69, 9.17) is 10.00 Å². The van der Waals surface area contributed by atoms with Crippen LogP contribution in [0.2, 0.25) is 0 Å². The van der Waals surface area contributed by atoms with E-state index in [1.165, 1.54) is 12.0 Å². The monoisotopic (exact) mass is 223 g/mol. The first-order chi connectivity index (χ1) is 8.28. The number of hydrogen-bond donors (Lipinski definition) is 0. The van der Waals surface area contributed by atoms with E-state index in [0.29, 0.717) is 11.6 Å². The molecule has 0 fully saturated rings. The molecular weight excluding hydrogens is 212 g/mol. The molecule has 0 spiro atoms. The second-order valence-corrected chi connectivity index (χ2v) is 3.59. The summed E-state index contributed by atoms with van der Waals surface area (Å²) in [7, 11) is 0. The summed E-state index contributed by atoms with van der Waals surface area (Å²) in [5.41, 5.74) is 1.77. The molecule has 1 heterocycles. The molecule has 83 valence electrons. The van der Waals surface area contributed by atoms with Gasteiger partial charge in [0.1, 0.15) is 12.2 Å². The van der Waals surface area contributed by atoms with Gasteiger partial charge in [-0.1, -0.05) is 23.8 Å². The Hall–Kier alpha value is -2.34. The highest BCUT2D eigenvalue weighted by Crippen LogP contribution is 2.19. The molecule has 1 aromatic heterocycles. The summed E-state index contributed by atoms with van der Waals surface area (Å²) in [4.78, 5) is 4.18. The normalized spacial score (nSPS) is 9.65. The number of hydrogen-bond acceptors (Lipinski definition) is 3. The fourth-order valence-electron chi connectivity index (χ4n) is 1.36. The molecule has 2 rings (SSSR count). The third-order valence-corrected chi connectivity index (χ3v) is 2.20. The van der Waals surface area contributed by atoms with Crippen LogP contribution >= 0.6 is 0 Å². The van der Waals surface area contributed by atoms with Crippen LogP contribution < -0.4 is 4.74 Å². The van der Waals surface area contributed by atoms with E-state index in [1.807, 2.05) is 37.3 Å². The second kappa shape index (κ2) is 5.13. The fraction of sp³-hybridized carbons (Fsp3) is 0.0714. The summed E-state index contributed by atoms with van der Waals surface area (Å²) < 4.78 is 5.58. The maximum absolute atomic E-state index is 8.54. The SMILES string of the molecule is Cc1ccc(Oc2cccc([CH]C#N)n2)cc1. The maximum atomic E-state index is 8.54. The van der Waals surface area contributed by atoms with Crippen LogP contribution in [0.15, 0.2) is 42.5 Å². The number of pyridine rings is 1. The minimum absolute atomic E-state index is 0.484. The molecule has 0 saturated carbocycles. The van der Waals surface area contributed by atoms with Gasteiger partial charge < -0.3 is 4.74 Å². The number of aromatic nitrogens is 1. The molecule has 3 nitrogen and oxygen atoms in total. The molecule has 0 bridgehead atoms. The first kappa shape index (κ1) is 11.2. The second-order valence-electron chi connectivity index (χ2n) is 3.59. The molecule has 3 heteroatoms. The lowest BCUT2D eigenvalue weighted by Crippen LogP contribution is -1.91. The molecule has 0 saturated heterocycles. The van der Waals surface area contributed by atoms with Gasteiger partial charge >= 0.3 is 0 Å². The van der Waals surface area contributed by atoms with Gasteiger partial charge in [0.25, 0.3) is 0 Å². The number of nitrogens with zero attached hydrogens (tertiary/aromatic N) is 2. The van der Waals surface area contributed by atoms with Crippen molar-refractivity contribution in [1.29, 1.82) is 5.26 Å². The number of aryl methyl sites for hydroxylation is 1. The molecule has 0 aliphatic rings. The molecule has 17 heavy (non-hydrogen) atoms. The topological polar surface area (TPSA) is 45.9 Å². The van der Waals surface area contributed by atoms with E-state index in [1.54, 1.807) is 18.2 Å². The average molecular weight is 223 g/mol. The van der Waals surface area contributed by atoms with Crippen molar-refractivity contribution in [3.8, 4) is 17.7 Å². The molecule has 0 atom stereocenters. The lowest BCUT2D eigenvalue weighted by atomic mass is 10.2. The van der Waals surface area contributed by atoms with E-state index in [9.17, 15) is 0 Å². The molecule has 0 aliphatic heterocycles. The minimum atomic E-state index is 0.484. The lowest BCUT2D eigenvalue weighted by molar-refractivity contribution is 0.462. The van der Waals surface area contributed by atoms with Crippen LogP contribution in [-0.2, 0) is 0 Å². The smallest absolute Gasteiger partial charge is 0.219 e. The van der Waals surface area contributed by atoms with Crippen LogP contribution in [0.5, 0.6) is 11.6 Å². The molecule has 1 radical (unpaired) electrons. The Bertz CT molecular complexity index is 541. The Kier molecular flexibility index (Phi) is 3.37. The van der Waals surface area contributed by atoms with Crippen LogP contribution in [0.3, 0.4) is 0 Å². The van der Waals surface area contributed by atoms with Gasteiger partial charge in [-0.25, -0.2) is 4.98 Å². The molecule has 0 amide bonds. The zero-order valence-corrected chi connectivity index (χ0v) is 9.42. The van der Waals surface area contributed by atoms with Gasteiger partial charge in [0.15, 0.2) is 0 Å². The Morgan fingerprint density at radius 1 is 1.18 bits per heavy atom. The quantitative estimate of drug-likeness (QED) is 0.802. The molecule has 0 aliphatic carbocycles. The van der Waals surface area contributed by atoms with Crippen molar-refractivity contribution in [2.75, 3.05) is 0 Å². The zero-order valence-electron chi connectivity index (χ0n) is 9.42. The Balaban J connectivity index is 2.16. The third kappa shape index (κ3) is 3.05. The minimum Gasteiger partial charge on any atom is -0.439 e. The van der Waals surface area contributed by atoms with E-state index in [0.717, 1.165) is 5.75 Å². The Labute approximate surface area is 100 Å². The predicted molar refractivity (Wildman–Crippen MR) is 64.5 cm³/mol. The van der Waals surface area contributed by atoms with E-state index >= 15 is 0 Å². The first-order valence-corrected chi connectivity index (χ1v) is 5.22. The lowest BCUT2D eigenvalue weighted by Gasteiger charge is -2.05. The van der Waals surface area contributed by atoms with Crippen molar-refractivity contribution in [2.45, 2.75) is 6.92 Å². The molecule has 2 aromatic rings. The standard InChI is InChI=1S/C14H11N2O/c1-11-5-7-13(8-6-11)17-14-4-2-3-12(16-14)9-10-15/h2-9H,1H3. The summed E-state index contributed by atoms with van der Waals surface area (Å²) >= 11 is 0. The number of benzene rings is 1. The molecule has 0 unspecified atom stereocenters. The molecular formula is C14H11N2O. The van der Waals surface area contributed by atoms with E-state index in [2.05, 4.69) is 4.98 Å². The summed E-state index contributed by atoms with van der Waals surface area (Å²) in [5.74, 6) is 1.22. The van der Waals surface area contributed by atoms with Crippen molar-refractivity contribution in [2.24, 2.45) is 0 Å². The van der Waals surface area contributed by atoms with Crippen LogP contribution in [0.25, 0.3) is 0 Å². The van der Waals surface area contributed by atoms with Crippen LogP contribution in [0.1, 0.15) is 11.3 Å². The molecule has 1 aromatic carbocycles. The first-order valence-electron chi connectivity index (χ1n) is 5.22. The zero-order chi connectivity index (χ0) is 12.1. The molecule has 0 N–H and O–H groups in total. The van der Waals surface area contributed by atoms with Crippen molar-refractivity contribution >= 4 is 0 Å². The number of ether oxygens (including phenoxy) is 1. The maximum Gasteiger partial charge on any atom is 0.219 e. The van der Waals surface area contributed by atoms with Crippen molar-refractivity contribution in [3.05, 3.63) is 60.1 Å². The van der Waals surface area contributed by atoms with Crippen molar-refractivity contribution in [1.82, 2.24) is 4.98 Å². The Morgan fingerprint density at radius 3 is 2.65 bits per heavy atom. The van der Waals surface area contributed by atoms with Gasteiger partial charge in [-0.2, -0.15) is 5.26 Å². The summed E-state index contributed by atoms with van der Waals surface area (Å²) in [6, 6.07) is 15.0. The fourth-order valence-corrected chi connectivity index (χ4v) is 1.36. The van der Waals surface area contributed by atoms with Gasteiger partial charge in [-0.3, -0.25) is 0 Å².